The second kappa shape index (κ2) is 8.01. The van der Waals surface area contributed by atoms with Crippen LogP contribution in [0.1, 0.15) is 48.3 Å². The minimum Gasteiger partial charge on any atom is -0.345 e. The first kappa shape index (κ1) is 21.7. The molecule has 0 aromatic heterocycles. The minimum atomic E-state index is -4.46. The van der Waals surface area contributed by atoms with E-state index in [1.807, 2.05) is 20.8 Å². The number of nitrogens with one attached hydrogen (secondary N) is 2. The average Bonchev–Trinajstić information content (AvgIpc) is 3.10. The van der Waals surface area contributed by atoms with Gasteiger partial charge in [0.15, 0.2) is 0 Å². The van der Waals surface area contributed by atoms with Crippen molar-refractivity contribution in [1.82, 2.24) is 10.6 Å². The molecule has 1 saturated heterocycles. The largest absolute Gasteiger partial charge is 0.416 e. The van der Waals surface area contributed by atoms with Crippen molar-refractivity contribution in [1.29, 1.82) is 0 Å². The van der Waals surface area contributed by atoms with Crippen LogP contribution in [0.3, 0.4) is 0 Å². The van der Waals surface area contributed by atoms with Gasteiger partial charge in [0, 0.05) is 24.3 Å². The summed E-state index contributed by atoms with van der Waals surface area (Å²) >= 11 is 0. The summed E-state index contributed by atoms with van der Waals surface area (Å²) in [5, 5.41) is 5.58. The van der Waals surface area contributed by atoms with Crippen molar-refractivity contribution in [2.75, 3.05) is 18.0 Å². The smallest absolute Gasteiger partial charge is 0.345 e. The summed E-state index contributed by atoms with van der Waals surface area (Å²) in [7, 11) is 0. The molecule has 1 atom stereocenters. The number of anilines is 1. The minimum absolute atomic E-state index is 0.190. The van der Waals surface area contributed by atoms with E-state index in [0.29, 0.717) is 29.9 Å². The molecule has 5 nitrogen and oxygen atoms in total. The molecule has 2 aromatic rings. The van der Waals surface area contributed by atoms with Crippen molar-refractivity contribution in [3.8, 4) is 0 Å². The van der Waals surface area contributed by atoms with Crippen LogP contribution in [0.25, 0.3) is 0 Å². The molecular weight excluding hydrogens is 395 g/mol. The molecule has 8 heteroatoms. The van der Waals surface area contributed by atoms with Crippen LogP contribution in [-0.4, -0.2) is 25.0 Å². The molecule has 0 bridgehead atoms. The van der Waals surface area contributed by atoms with Gasteiger partial charge in [-0.3, -0.25) is 9.69 Å². The Morgan fingerprint density at radius 2 is 1.77 bits per heavy atom. The topological polar surface area (TPSA) is 61.4 Å². The molecule has 160 valence electrons. The average molecular weight is 419 g/mol. The van der Waals surface area contributed by atoms with Gasteiger partial charge in [0.1, 0.15) is 0 Å². The summed E-state index contributed by atoms with van der Waals surface area (Å²) in [5.74, 6) is -0.398. The van der Waals surface area contributed by atoms with Crippen LogP contribution in [0, 0.1) is 5.41 Å². The number of nitrogens with zero attached hydrogens (tertiary/aromatic N) is 1. The molecule has 0 saturated carbocycles. The van der Waals surface area contributed by atoms with Gasteiger partial charge in [0.05, 0.1) is 11.6 Å². The number of hydrogen-bond acceptors (Lipinski definition) is 2. The third-order valence-corrected chi connectivity index (χ3v) is 4.99. The second-order valence-corrected chi connectivity index (χ2v) is 8.33. The number of carbonyl (C=O) groups excluding carboxylic acids is 2. The zero-order valence-electron chi connectivity index (χ0n) is 17.0. The summed E-state index contributed by atoms with van der Waals surface area (Å²) in [6.07, 6.45) is -4.46. The number of hydrogen-bond donors (Lipinski definition) is 2. The van der Waals surface area contributed by atoms with Crippen molar-refractivity contribution in [3.63, 3.8) is 0 Å². The van der Waals surface area contributed by atoms with Crippen molar-refractivity contribution < 1.29 is 22.8 Å². The lowest BCUT2D eigenvalue weighted by molar-refractivity contribution is -0.137. The first-order valence-corrected chi connectivity index (χ1v) is 9.60. The van der Waals surface area contributed by atoms with Crippen LogP contribution in [0.5, 0.6) is 0 Å². The molecule has 1 unspecified atom stereocenters. The lowest BCUT2D eigenvalue weighted by Gasteiger charge is -2.32. The molecule has 0 aliphatic carbocycles. The number of rotatable bonds is 4. The van der Waals surface area contributed by atoms with E-state index in [0.717, 1.165) is 12.1 Å². The van der Waals surface area contributed by atoms with E-state index in [1.165, 1.54) is 6.07 Å². The number of benzene rings is 2. The van der Waals surface area contributed by atoms with Gasteiger partial charge in [-0.1, -0.05) is 32.9 Å². The van der Waals surface area contributed by atoms with E-state index in [2.05, 4.69) is 10.6 Å². The molecule has 1 fully saturated rings. The highest BCUT2D eigenvalue weighted by atomic mass is 19.4. The Labute approximate surface area is 173 Å². The third-order valence-electron chi connectivity index (χ3n) is 4.99. The monoisotopic (exact) mass is 419 g/mol. The fraction of sp³-hybridized carbons (Fsp3) is 0.364. The lowest BCUT2D eigenvalue weighted by atomic mass is 9.81. The molecule has 0 spiro atoms. The number of halogens is 3. The van der Waals surface area contributed by atoms with Crippen molar-refractivity contribution >= 4 is 17.6 Å². The quantitative estimate of drug-likeness (QED) is 0.751. The van der Waals surface area contributed by atoms with Crippen molar-refractivity contribution in [2.45, 2.75) is 33.0 Å². The first-order valence-electron chi connectivity index (χ1n) is 9.60. The number of urea groups is 1. The Balaban J connectivity index is 1.82. The highest BCUT2D eigenvalue weighted by Crippen LogP contribution is 2.36. The number of carbonyl (C=O) groups is 2. The van der Waals surface area contributed by atoms with Crippen molar-refractivity contribution in [3.05, 3.63) is 65.2 Å². The summed E-state index contributed by atoms with van der Waals surface area (Å²) in [6.45, 7) is 6.67. The summed E-state index contributed by atoms with van der Waals surface area (Å²) < 4.78 is 39.4. The Morgan fingerprint density at radius 3 is 2.30 bits per heavy atom. The van der Waals surface area contributed by atoms with E-state index in [4.69, 9.17) is 0 Å². The van der Waals surface area contributed by atoms with Gasteiger partial charge in [-0.25, -0.2) is 4.79 Å². The van der Waals surface area contributed by atoms with Crippen LogP contribution in [0.4, 0.5) is 23.7 Å². The maximum Gasteiger partial charge on any atom is 0.416 e. The van der Waals surface area contributed by atoms with Crippen LogP contribution < -0.4 is 15.5 Å². The van der Waals surface area contributed by atoms with E-state index in [1.54, 1.807) is 35.2 Å². The van der Waals surface area contributed by atoms with Gasteiger partial charge in [0.25, 0.3) is 5.91 Å². The zero-order valence-corrected chi connectivity index (χ0v) is 17.0. The highest BCUT2D eigenvalue weighted by molar-refractivity contribution is 5.97. The van der Waals surface area contributed by atoms with Crippen LogP contribution in [0.2, 0.25) is 0 Å². The van der Waals surface area contributed by atoms with E-state index < -0.39 is 29.1 Å². The molecule has 0 radical (unpaired) electrons. The molecule has 2 aromatic carbocycles. The summed E-state index contributed by atoms with van der Waals surface area (Å²) in [6, 6.07) is 10.8. The molecule has 30 heavy (non-hydrogen) atoms. The number of amides is 3. The summed E-state index contributed by atoms with van der Waals surface area (Å²) in [4.78, 5) is 26.2. The second-order valence-electron chi connectivity index (χ2n) is 8.33. The maximum atomic E-state index is 13.1. The Morgan fingerprint density at radius 1 is 1.10 bits per heavy atom. The summed E-state index contributed by atoms with van der Waals surface area (Å²) in [5.41, 5.74) is 0.146. The highest BCUT2D eigenvalue weighted by Gasteiger charge is 2.33. The zero-order chi connectivity index (χ0) is 22.1. The molecular formula is C22H24F3N3O2. The van der Waals surface area contributed by atoms with Gasteiger partial charge in [-0.05, 0) is 47.4 Å². The van der Waals surface area contributed by atoms with Gasteiger partial charge in [-0.2, -0.15) is 13.2 Å². The van der Waals surface area contributed by atoms with E-state index >= 15 is 0 Å². The molecule has 2 N–H and O–H groups in total. The third kappa shape index (κ3) is 4.75. The molecule has 1 heterocycles. The van der Waals surface area contributed by atoms with Crippen LogP contribution in [0.15, 0.2) is 48.5 Å². The fourth-order valence-electron chi connectivity index (χ4n) is 3.42. The Kier molecular flexibility index (Phi) is 5.78. The maximum absolute atomic E-state index is 13.1. The standard InChI is InChI=1S/C22H24F3N3O2/c1-21(2,3)18(15-5-4-6-16(13-15)22(23,24)25)27-19(29)14-7-9-17(10-8-14)28-12-11-26-20(28)30/h4-10,13,18H,11-12H2,1-3H3,(H,26,30)(H,27,29). The molecule has 3 amide bonds. The van der Waals surface area contributed by atoms with Crippen LogP contribution in [-0.2, 0) is 6.18 Å². The first-order chi connectivity index (χ1) is 14.0. The predicted molar refractivity (Wildman–Crippen MR) is 108 cm³/mol. The molecule has 3 rings (SSSR count). The Hall–Kier alpha value is -3.03. The Bertz CT molecular complexity index is 934. The van der Waals surface area contributed by atoms with Gasteiger partial charge in [-0.15, -0.1) is 0 Å². The molecule has 1 aliphatic rings. The van der Waals surface area contributed by atoms with Gasteiger partial charge >= 0.3 is 12.2 Å². The van der Waals surface area contributed by atoms with E-state index in [-0.39, 0.29) is 6.03 Å². The lowest BCUT2D eigenvalue weighted by Crippen LogP contribution is -2.36. The van der Waals surface area contributed by atoms with Gasteiger partial charge < -0.3 is 10.6 Å². The van der Waals surface area contributed by atoms with Gasteiger partial charge in [0.2, 0.25) is 0 Å². The van der Waals surface area contributed by atoms with Crippen LogP contribution >= 0.6 is 0 Å². The van der Waals surface area contributed by atoms with E-state index in [9.17, 15) is 22.8 Å². The normalized spacial score (nSPS) is 15.7. The molecule has 1 aliphatic heterocycles. The SMILES string of the molecule is CC(C)(C)C(NC(=O)c1ccc(N2CCNC2=O)cc1)c1cccc(C(F)(F)F)c1. The fourth-order valence-corrected chi connectivity index (χ4v) is 3.42. The van der Waals surface area contributed by atoms with Crippen molar-refractivity contribution in [2.24, 2.45) is 5.41 Å². The predicted octanol–water partition coefficient (Wildman–Crippen LogP) is 4.75. The number of alkyl halides is 3.